The van der Waals surface area contributed by atoms with E-state index in [-0.39, 0.29) is 18.0 Å². The van der Waals surface area contributed by atoms with Crippen LogP contribution in [0.15, 0.2) is 65.8 Å². The molecule has 3 aliphatic rings. The summed E-state index contributed by atoms with van der Waals surface area (Å²) >= 11 is 1.38. The predicted molar refractivity (Wildman–Crippen MR) is 148 cm³/mol. The van der Waals surface area contributed by atoms with Crippen LogP contribution < -0.4 is 20.3 Å². The molecule has 3 aliphatic heterocycles. The van der Waals surface area contributed by atoms with Crippen molar-refractivity contribution >= 4 is 35.1 Å². The molecule has 0 radical (unpaired) electrons. The number of aryl methyl sites for hydroxylation is 1. The molecule has 9 nitrogen and oxygen atoms in total. The van der Waals surface area contributed by atoms with Crippen LogP contribution in [0.5, 0.6) is 11.5 Å². The number of rotatable bonds is 5. The summed E-state index contributed by atoms with van der Waals surface area (Å²) in [5.74, 6) is 1.27. The Morgan fingerprint density at radius 3 is 2.79 bits per heavy atom. The van der Waals surface area contributed by atoms with E-state index in [1.165, 1.54) is 11.8 Å². The van der Waals surface area contributed by atoms with E-state index in [1.807, 2.05) is 61.5 Å². The molecule has 0 spiro atoms. The lowest BCUT2D eigenvalue weighted by Gasteiger charge is -2.35. The molecule has 0 bridgehead atoms. The Morgan fingerprint density at radius 1 is 1.15 bits per heavy atom. The lowest BCUT2D eigenvalue weighted by atomic mass is 9.99. The lowest BCUT2D eigenvalue weighted by molar-refractivity contribution is -0.121. The van der Waals surface area contributed by atoms with Gasteiger partial charge in [-0.1, -0.05) is 30.0 Å². The first kappa shape index (κ1) is 25.1. The topological polar surface area (TPSA) is 111 Å². The highest BCUT2D eigenvalue weighted by Crippen LogP contribution is 2.51. The zero-order valence-electron chi connectivity index (χ0n) is 21.5. The minimum atomic E-state index is -0.540. The summed E-state index contributed by atoms with van der Waals surface area (Å²) in [6.45, 7) is 3.16. The smallest absolute Gasteiger partial charge is 0.327 e. The fourth-order valence-corrected chi connectivity index (χ4v) is 6.70. The molecule has 6 rings (SSSR count). The van der Waals surface area contributed by atoms with Gasteiger partial charge >= 0.3 is 6.03 Å². The number of urea groups is 1. The van der Waals surface area contributed by atoms with Crippen LogP contribution in [0.4, 0.5) is 16.2 Å². The van der Waals surface area contributed by atoms with Gasteiger partial charge in [-0.15, -0.1) is 0 Å². The molecule has 1 aromatic heterocycles. The number of likely N-dealkylation sites (tertiary alicyclic amines) is 1. The van der Waals surface area contributed by atoms with Crippen molar-refractivity contribution in [1.29, 1.82) is 5.26 Å². The first-order valence-electron chi connectivity index (χ1n) is 13.1. The number of para-hydroxylation sites is 1. The minimum Gasteiger partial charge on any atom is -0.457 e. The van der Waals surface area contributed by atoms with E-state index >= 15 is 0 Å². The maximum absolute atomic E-state index is 13.5. The van der Waals surface area contributed by atoms with Gasteiger partial charge in [-0.25, -0.2) is 9.78 Å². The molecular weight excluding hydrogens is 512 g/mol. The average molecular weight is 541 g/mol. The number of ether oxygens (including phenoxy) is 1. The van der Waals surface area contributed by atoms with E-state index in [0.29, 0.717) is 18.8 Å². The molecule has 2 N–H and O–H groups in total. The molecule has 0 saturated carbocycles. The number of amides is 3. The summed E-state index contributed by atoms with van der Waals surface area (Å²) in [5, 5.41) is 15.8. The molecule has 3 unspecified atom stereocenters. The van der Waals surface area contributed by atoms with Crippen LogP contribution in [-0.4, -0.2) is 46.2 Å². The molecule has 1 fully saturated rings. The van der Waals surface area contributed by atoms with Crippen LogP contribution in [0.25, 0.3) is 0 Å². The molecule has 198 valence electrons. The number of hydrogen-bond acceptors (Lipinski definition) is 7. The van der Waals surface area contributed by atoms with Crippen LogP contribution in [-0.2, 0) is 4.79 Å². The number of aromatic nitrogens is 1. The second-order valence-corrected chi connectivity index (χ2v) is 11.1. The van der Waals surface area contributed by atoms with E-state index in [9.17, 15) is 14.9 Å². The summed E-state index contributed by atoms with van der Waals surface area (Å²) in [7, 11) is 0. The number of nitriles is 1. The third kappa shape index (κ3) is 4.86. The van der Waals surface area contributed by atoms with E-state index in [1.54, 1.807) is 16.0 Å². The number of pyridine rings is 1. The predicted octanol–water partition coefficient (Wildman–Crippen LogP) is 5.01. The molecule has 1 saturated heterocycles. The van der Waals surface area contributed by atoms with Crippen molar-refractivity contribution in [1.82, 2.24) is 20.5 Å². The van der Waals surface area contributed by atoms with Gasteiger partial charge in [0, 0.05) is 30.9 Å². The van der Waals surface area contributed by atoms with E-state index < -0.39 is 11.3 Å². The zero-order valence-corrected chi connectivity index (χ0v) is 22.3. The summed E-state index contributed by atoms with van der Waals surface area (Å²) in [5.41, 5.74) is 3.18. The summed E-state index contributed by atoms with van der Waals surface area (Å²) in [6.07, 6.45) is 6.61. The van der Waals surface area contributed by atoms with Crippen molar-refractivity contribution < 1.29 is 14.3 Å². The van der Waals surface area contributed by atoms with Gasteiger partial charge in [-0.2, -0.15) is 5.26 Å². The van der Waals surface area contributed by atoms with Crippen molar-refractivity contribution in [2.45, 2.75) is 48.5 Å². The number of hydrogen-bond donors (Lipinski definition) is 2. The van der Waals surface area contributed by atoms with Crippen molar-refractivity contribution in [2.75, 3.05) is 18.0 Å². The Bertz CT molecular complexity index is 1460. The number of anilines is 2. The molecule has 3 amide bonds. The maximum atomic E-state index is 13.5. The highest BCUT2D eigenvalue weighted by molar-refractivity contribution is 8.01. The molecule has 0 aliphatic carbocycles. The van der Waals surface area contributed by atoms with Crippen molar-refractivity contribution in [2.24, 2.45) is 0 Å². The first-order chi connectivity index (χ1) is 19.0. The highest BCUT2D eigenvalue weighted by Gasteiger charge is 2.47. The van der Waals surface area contributed by atoms with Gasteiger partial charge in [-0.05, 0) is 68.1 Å². The van der Waals surface area contributed by atoms with Gasteiger partial charge in [0.2, 0.25) is 5.91 Å². The third-order valence-electron chi connectivity index (χ3n) is 7.31. The standard InChI is InChI=1S/C29H28N6O3S/c1-18-15-21(38-20-8-3-2-4-9-20)10-11-22(18)35-23-12-13-31-28-24(23)25(33-29(35)37)26(39-28)27(36)32-19-7-5-6-14-34(16-19)17-30/h2-4,8-13,15,19,25-26H,5-7,14,16H2,1H3,(H,32,36)(H,33,37). The molecule has 3 aromatic rings. The lowest BCUT2D eigenvalue weighted by Crippen LogP contribution is -2.51. The SMILES string of the molecule is Cc1cc(Oc2ccccc2)ccc1N1C(=O)NC2c3c1ccnc3SC2C(=O)NC1CCCCN(C#N)C1. The second kappa shape index (κ2) is 10.5. The highest BCUT2D eigenvalue weighted by atomic mass is 32.2. The summed E-state index contributed by atoms with van der Waals surface area (Å²) in [6, 6.07) is 16.1. The van der Waals surface area contributed by atoms with Crippen LogP contribution in [0.3, 0.4) is 0 Å². The van der Waals surface area contributed by atoms with Crippen LogP contribution in [0, 0.1) is 18.4 Å². The fraction of sp³-hybridized carbons (Fsp3) is 0.310. The van der Waals surface area contributed by atoms with Gasteiger partial charge in [0.05, 0.1) is 17.4 Å². The normalized spacial score (nSPS) is 21.8. The maximum Gasteiger partial charge on any atom is 0.327 e. The molecule has 39 heavy (non-hydrogen) atoms. The number of benzene rings is 2. The van der Waals surface area contributed by atoms with E-state index in [0.717, 1.165) is 52.5 Å². The van der Waals surface area contributed by atoms with Crippen LogP contribution in [0.2, 0.25) is 0 Å². The Balaban J connectivity index is 1.25. The number of thioether (sulfide) groups is 1. The Hall–Kier alpha value is -4.23. The van der Waals surface area contributed by atoms with E-state index in [2.05, 4.69) is 21.8 Å². The fourth-order valence-electron chi connectivity index (χ4n) is 5.47. The first-order valence-corrected chi connectivity index (χ1v) is 13.9. The van der Waals surface area contributed by atoms with Gasteiger partial charge in [0.15, 0.2) is 6.19 Å². The minimum absolute atomic E-state index is 0.105. The zero-order chi connectivity index (χ0) is 26.9. The molecular formula is C29H28N6O3S. The van der Waals surface area contributed by atoms with Gasteiger partial charge in [-0.3, -0.25) is 9.69 Å². The summed E-state index contributed by atoms with van der Waals surface area (Å²) < 4.78 is 5.97. The van der Waals surface area contributed by atoms with Crippen LogP contribution in [0.1, 0.15) is 36.4 Å². The molecule has 3 atom stereocenters. The van der Waals surface area contributed by atoms with Gasteiger partial charge in [0.1, 0.15) is 21.8 Å². The quantitative estimate of drug-likeness (QED) is 0.438. The molecule has 2 aromatic carbocycles. The van der Waals surface area contributed by atoms with E-state index in [4.69, 9.17) is 4.74 Å². The second-order valence-electron chi connectivity index (χ2n) is 9.96. The van der Waals surface area contributed by atoms with Gasteiger partial charge in [0.25, 0.3) is 0 Å². The van der Waals surface area contributed by atoms with Crippen molar-refractivity contribution in [3.8, 4) is 17.7 Å². The molecule has 4 heterocycles. The Labute approximate surface area is 231 Å². The Kier molecular flexibility index (Phi) is 6.75. The monoisotopic (exact) mass is 540 g/mol. The van der Waals surface area contributed by atoms with Crippen LogP contribution >= 0.6 is 11.8 Å². The Morgan fingerprint density at radius 2 is 2.00 bits per heavy atom. The number of nitrogens with zero attached hydrogens (tertiary/aromatic N) is 4. The number of carbonyl (C=O) groups is 2. The number of carbonyl (C=O) groups excluding carboxylic acids is 2. The number of nitrogens with one attached hydrogen (secondary N) is 2. The van der Waals surface area contributed by atoms with Crippen molar-refractivity contribution in [3.05, 3.63) is 71.9 Å². The molecule has 10 heteroatoms. The largest absolute Gasteiger partial charge is 0.457 e. The summed E-state index contributed by atoms with van der Waals surface area (Å²) in [4.78, 5) is 34.9. The average Bonchev–Trinajstić information content (AvgIpc) is 3.15. The van der Waals surface area contributed by atoms with Crippen molar-refractivity contribution in [3.63, 3.8) is 0 Å². The van der Waals surface area contributed by atoms with Gasteiger partial charge < -0.3 is 20.3 Å². The third-order valence-corrected chi connectivity index (χ3v) is 8.60.